The van der Waals surface area contributed by atoms with Crippen molar-refractivity contribution in [1.29, 1.82) is 0 Å². The Morgan fingerprint density at radius 1 is 1.16 bits per heavy atom. The lowest BCUT2D eigenvalue weighted by Crippen LogP contribution is -2.31. The molecule has 3 rings (SSSR count). The van der Waals surface area contributed by atoms with Crippen molar-refractivity contribution >= 4 is 11.8 Å². The minimum atomic E-state index is -0.609. The normalized spacial score (nSPS) is 36.4. The number of hydrogen-bond donors (Lipinski definition) is 1. The molecule has 19 heavy (non-hydrogen) atoms. The summed E-state index contributed by atoms with van der Waals surface area (Å²) in [7, 11) is 0. The highest BCUT2D eigenvalue weighted by Crippen LogP contribution is 2.43. The number of aliphatic hydroxyl groups is 1. The van der Waals surface area contributed by atoms with E-state index in [0.29, 0.717) is 0 Å². The van der Waals surface area contributed by atoms with E-state index in [4.69, 9.17) is 14.2 Å². The third-order valence-electron chi connectivity index (χ3n) is 3.28. The van der Waals surface area contributed by atoms with Gasteiger partial charge in [-0.2, -0.15) is 0 Å². The Balaban J connectivity index is 1.76. The van der Waals surface area contributed by atoms with Crippen LogP contribution in [0.1, 0.15) is 13.8 Å². The smallest absolute Gasteiger partial charge is 0.164 e. The van der Waals surface area contributed by atoms with Crippen molar-refractivity contribution in [2.24, 2.45) is 0 Å². The minimum Gasteiger partial charge on any atom is -0.394 e. The summed E-state index contributed by atoms with van der Waals surface area (Å²) in [4.78, 5) is 1.12. The summed E-state index contributed by atoms with van der Waals surface area (Å²) in [5.74, 6) is -0.609. The van der Waals surface area contributed by atoms with Gasteiger partial charge in [0.1, 0.15) is 23.7 Å². The van der Waals surface area contributed by atoms with Crippen LogP contribution in [-0.4, -0.2) is 41.2 Å². The quantitative estimate of drug-likeness (QED) is 0.919. The first-order valence-electron chi connectivity index (χ1n) is 6.43. The number of benzene rings is 1. The minimum absolute atomic E-state index is 0.0492. The number of rotatable bonds is 3. The van der Waals surface area contributed by atoms with Gasteiger partial charge < -0.3 is 19.3 Å². The summed E-state index contributed by atoms with van der Waals surface area (Å²) in [6, 6.07) is 10.0. The molecule has 5 heteroatoms. The molecule has 2 fully saturated rings. The molecule has 2 aliphatic rings. The zero-order valence-electron chi connectivity index (χ0n) is 11.0. The van der Waals surface area contributed by atoms with Crippen molar-refractivity contribution in [1.82, 2.24) is 0 Å². The van der Waals surface area contributed by atoms with Gasteiger partial charge in [0.2, 0.25) is 0 Å². The van der Waals surface area contributed by atoms with Gasteiger partial charge in [0, 0.05) is 4.90 Å². The van der Waals surface area contributed by atoms with Crippen LogP contribution < -0.4 is 0 Å². The lowest BCUT2D eigenvalue weighted by Gasteiger charge is -2.23. The van der Waals surface area contributed by atoms with Gasteiger partial charge in [0.25, 0.3) is 0 Å². The topological polar surface area (TPSA) is 47.9 Å². The van der Waals surface area contributed by atoms with Crippen molar-refractivity contribution in [3.63, 3.8) is 0 Å². The Hall–Kier alpha value is -0.590. The van der Waals surface area contributed by atoms with Crippen molar-refractivity contribution < 1.29 is 19.3 Å². The number of thioether (sulfide) groups is 1. The van der Waals surface area contributed by atoms with Crippen LogP contribution in [0.5, 0.6) is 0 Å². The summed E-state index contributed by atoms with van der Waals surface area (Å²) >= 11 is 1.61. The summed E-state index contributed by atoms with van der Waals surface area (Å²) in [5, 5.41) is 9.40. The summed E-state index contributed by atoms with van der Waals surface area (Å²) in [6.45, 7) is 3.74. The molecule has 104 valence electrons. The fourth-order valence-electron chi connectivity index (χ4n) is 2.52. The van der Waals surface area contributed by atoms with Crippen molar-refractivity contribution in [2.75, 3.05) is 6.61 Å². The van der Waals surface area contributed by atoms with E-state index >= 15 is 0 Å². The fourth-order valence-corrected chi connectivity index (χ4v) is 3.64. The Bertz CT molecular complexity index is 436. The zero-order valence-corrected chi connectivity index (χ0v) is 11.8. The standard InChI is InChI=1S/C14H18O4S/c1-14(2)17-11-10(8-15)16-13(12(11)18-14)19-9-6-4-3-5-7-9/h3-7,10-13,15H,8H2,1-2H3/t10-,11?,12?,13-/m1/s1. The van der Waals surface area contributed by atoms with E-state index in [1.54, 1.807) is 11.8 Å². The van der Waals surface area contributed by atoms with Gasteiger partial charge >= 0.3 is 0 Å². The molecule has 2 unspecified atom stereocenters. The number of hydrogen-bond acceptors (Lipinski definition) is 5. The van der Waals surface area contributed by atoms with Gasteiger partial charge in [-0.3, -0.25) is 0 Å². The maximum absolute atomic E-state index is 9.40. The van der Waals surface area contributed by atoms with Crippen molar-refractivity contribution in [3.8, 4) is 0 Å². The summed E-state index contributed by atoms with van der Waals surface area (Å²) < 4.78 is 17.6. The Morgan fingerprint density at radius 3 is 2.53 bits per heavy atom. The van der Waals surface area contributed by atoms with Crippen molar-refractivity contribution in [3.05, 3.63) is 30.3 Å². The molecule has 4 nitrogen and oxygen atoms in total. The zero-order chi connectivity index (χ0) is 13.5. The summed E-state index contributed by atoms with van der Waals surface area (Å²) in [6.07, 6.45) is -0.647. The third-order valence-corrected chi connectivity index (χ3v) is 4.44. The van der Waals surface area contributed by atoms with Crippen LogP contribution in [0.15, 0.2) is 35.2 Å². The van der Waals surface area contributed by atoms with Crippen LogP contribution >= 0.6 is 11.8 Å². The third kappa shape index (κ3) is 2.66. The SMILES string of the molecule is CC1(C)OC2C(O1)[C@@H](CO)O[C@@H]2Sc1ccccc1. The largest absolute Gasteiger partial charge is 0.394 e. The molecule has 0 spiro atoms. The maximum atomic E-state index is 9.40. The van der Waals surface area contributed by atoms with E-state index < -0.39 is 5.79 Å². The highest BCUT2D eigenvalue weighted by molar-refractivity contribution is 7.99. The second-order valence-electron chi connectivity index (χ2n) is 5.22. The van der Waals surface area contributed by atoms with Gasteiger partial charge in [0.05, 0.1) is 6.61 Å². The highest BCUT2D eigenvalue weighted by Gasteiger charge is 2.55. The van der Waals surface area contributed by atoms with E-state index in [-0.39, 0.29) is 30.4 Å². The van der Waals surface area contributed by atoms with Gasteiger partial charge in [-0.05, 0) is 26.0 Å². The average molecular weight is 282 g/mol. The molecular weight excluding hydrogens is 264 g/mol. The molecule has 2 aliphatic heterocycles. The van der Waals surface area contributed by atoms with Gasteiger partial charge in [-0.1, -0.05) is 30.0 Å². The first-order chi connectivity index (χ1) is 9.09. The Labute approximate surface area is 117 Å². The van der Waals surface area contributed by atoms with Gasteiger partial charge in [0.15, 0.2) is 5.79 Å². The molecule has 0 radical (unpaired) electrons. The molecule has 0 aromatic heterocycles. The van der Waals surface area contributed by atoms with Gasteiger partial charge in [-0.15, -0.1) is 0 Å². The predicted molar refractivity (Wildman–Crippen MR) is 71.9 cm³/mol. The van der Waals surface area contributed by atoms with Crippen LogP contribution in [0.3, 0.4) is 0 Å². The van der Waals surface area contributed by atoms with Crippen LogP contribution in [0, 0.1) is 0 Å². The van der Waals surface area contributed by atoms with Crippen LogP contribution in [0.4, 0.5) is 0 Å². The maximum Gasteiger partial charge on any atom is 0.164 e. The first-order valence-corrected chi connectivity index (χ1v) is 7.31. The molecule has 0 aliphatic carbocycles. The molecule has 0 saturated carbocycles. The first kappa shape index (κ1) is 13.4. The lowest BCUT2D eigenvalue weighted by molar-refractivity contribution is -0.181. The highest BCUT2D eigenvalue weighted by atomic mass is 32.2. The molecule has 0 amide bonds. The predicted octanol–water partition coefficient (Wildman–Crippen LogP) is 2.02. The van der Waals surface area contributed by atoms with Crippen LogP contribution in [-0.2, 0) is 14.2 Å². The van der Waals surface area contributed by atoms with E-state index in [1.165, 1.54) is 0 Å². The van der Waals surface area contributed by atoms with Gasteiger partial charge in [-0.25, -0.2) is 0 Å². The van der Waals surface area contributed by atoms with Crippen LogP contribution in [0.25, 0.3) is 0 Å². The Kier molecular flexibility index (Phi) is 3.57. The Morgan fingerprint density at radius 2 is 1.84 bits per heavy atom. The second-order valence-corrected chi connectivity index (χ2v) is 6.39. The monoisotopic (exact) mass is 282 g/mol. The molecule has 2 heterocycles. The fraction of sp³-hybridized carbons (Fsp3) is 0.571. The van der Waals surface area contributed by atoms with E-state index in [9.17, 15) is 5.11 Å². The molecule has 0 bridgehead atoms. The lowest BCUT2D eigenvalue weighted by atomic mass is 10.2. The number of ether oxygens (including phenoxy) is 3. The molecule has 1 aromatic rings. The van der Waals surface area contributed by atoms with Crippen molar-refractivity contribution in [2.45, 2.75) is 48.3 Å². The number of aliphatic hydroxyl groups excluding tert-OH is 1. The molecule has 1 aromatic carbocycles. The van der Waals surface area contributed by atoms with Crippen LogP contribution in [0.2, 0.25) is 0 Å². The van der Waals surface area contributed by atoms with E-state index in [1.807, 2.05) is 44.2 Å². The molecular formula is C14H18O4S. The average Bonchev–Trinajstić information content (AvgIpc) is 2.85. The molecule has 2 saturated heterocycles. The molecule has 4 atom stereocenters. The van der Waals surface area contributed by atoms with E-state index in [2.05, 4.69) is 0 Å². The molecule has 1 N–H and O–H groups in total. The second kappa shape index (κ2) is 5.07. The van der Waals surface area contributed by atoms with E-state index in [0.717, 1.165) is 4.90 Å². The number of fused-ring (bicyclic) bond motifs is 1. The summed E-state index contributed by atoms with van der Waals surface area (Å²) in [5.41, 5.74) is -0.147.